The highest BCUT2D eigenvalue weighted by Gasteiger charge is 2.25. The standard InChI is InChI=1S/C8H16N2O3S/c1-7(11)9-8-4-3-5-10(6-8)14(2,12)13/h8H,3-6H2,1-2H3,(H,9,11)/t8-/m0/s1. The smallest absolute Gasteiger partial charge is 0.217 e. The summed E-state index contributed by atoms with van der Waals surface area (Å²) in [5, 5.41) is 2.74. The van der Waals surface area contributed by atoms with E-state index in [9.17, 15) is 13.2 Å². The van der Waals surface area contributed by atoms with Crippen molar-refractivity contribution in [2.45, 2.75) is 25.8 Å². The monoisotopic (exact) mass is 220 g/mol. The van der Waals surface area contributed by atoms with Crippen molar-refractivity contribution in [3.05, 3.63) is 0 Å². The van der Waals surface area contributed by atoms with E-state index in [4.69, 9.17) is 0 Å². The number of hydrogen-bond donors (Lipinski definition) is 1. The normalized spacial score (nSPS) is 24.6. The largest absolute Gasteiger partial charge is 0.352 e. The number of nitrogens with one attached hydrogen (secondary N) is 1. The SMILES string of the molecule is CC(=O)N[C@H]1CCCN(S(C)(=O)=O)C1. The molecule has 5 nitrogen and oxygen atoms in total. The second-order valence-electron chi connectivity index (χ2n) is 3.66. The Morgan fingerprint density at radius 2 is 2.14 bits per heavy atom. The molecule has 1 fully saturated rings. The summed E-state index contributed by atoms with van der Waals surface area (Å²) in [6, 6.07) is -0.0315. The lowest BCUT2D eigenvalue weighted by atomic mass is 10.1. The minimum absolute atomic E-state index is 0.0315. The van der Waals surface area contributed by atoms with Gasteiger partial charge >= 0.3 is 0 Å². The average Bonchev–Trinajstić information content (AvgIpc) is 2.01. The first-order chi connectivity index (χ1) is 6.39. The van der Waals surface area contributed by atoms with E-state index in [0.717, 1.165) is 12.8 Å². The van der Waals surface area contributed by atoms with Crippen molar-refractivity contribution in [3.8, 4) is 0 Å². The first-order valence-corrected chi connectivity index (χ1v) is 6.46. The molecule has 0 spiro atoms. The molecule has 6 heteroatoms. The number of carbonyl (C=O) groups is 1. The molecule has 1 atom stereocenters. The summed E-state index contributed by atoms with van der Waals surface area (Å²) < 4.78 is 23.9. The third-order valence-electron chi connectivity index (χ3n) is 2.26. The first kappa shape index (κ1) is 11.5. The van der Waals surface area contributed by atoms with Gasteiger partial charge in [-0.15, -0.1) is 0 Å². The van der Waals surface area contributed by atoms with Gasteiger partial charge in [0.05, 0.1) is 6.26 Å². The van der Waals surface area contributed by atoms with Gasteiger partial charge in [-0.2, -0.15) is 0 Å². The molecule has 0 aliphatic carbocycles. The lowest BCUT2D eigenvalue weighted by molar-refractivity contribution is -0.119. The van der Waals surface area contributed by atoms with Crippen molar-refractivity contribution in [1.82, 2.24) is 9.62 Å². The summed E-state index contributed by atoms with van der Waals surface area (Å²) in [5.74, 6) is -0.106. The number of hydrogen-bond acceptors (Lipinski definition) is 3. The van der Waals surface area contributed by atoms with Crippen LogP contribution >= 0.6 is 0 Å². The van der Waals surface area contributed by atoms with E-state index in [2.05, 4.69) is 5.32 Å². The van der Waals surface area contributed by atoms with Crippen molar-refractivity contribution < 1.29 is 13.2 Å². The van der Waals surface area contributed by atoms with Crippen LogP contribution in [0.1, 0.15) is 19.8 Å². The van der Waals surface area contributed by atoms with Crippen LogP contribution in [0.25, 0.3) is 0 Å². The molecule has 1 N–H and O–H groups in total. The van der Waals surface area contributed by atoms with Crippen LogP contribution in [0.15, 0.2) is 0 Å². The summed E-state index contributed by atoms with van der Waals surface area (Å²) in [6.07, 6.45) is 2.85. The average molecular weight is 220 g/mol. The molecule has 0 aromatic carbocycles. The van der Waals surface area contributed by atoms with Crippen molar-refractivity contribution in [2.75, 3.05) is 19.3 Å². The Hall–Kier alpha value is -0.620. The van der Waals surface area contributed by atoms with Gasteiger partial charge in [-0.3, -0.25) is 4.79 Å². The maximum Gasteiger partial charge on any atom is 0.217 e. The summed E-state index contributed by atoms with van der Waals surface area (Å²) in [5.41, 5.74) is 0. The maximum absolute atomic E-state index is 11.2. The fraction of sp³-hybridized carbons (Fsp3) is 0.875. The van der Waals surface area contributed by atoms with Gasteiger partial charge in [0.1, 0.15) is 0 Å². The lowest BCUT2D eigenvalue weighted by Gasteiger charge is -2.31. The van der Waals surface area contributed by atoms with Crippen LogP contribution in [-0.4, -0.2) is 44.0 Å². The Labute approximate surface area is 84.5 Å². The Bertz CT molecular complexity index is 313. The Morgan fingerprint density at radius 3 is 2.64 bits per heavy atom. The highest BCUT2D eigenvalue weighted by Crippen LogP contribution is 2.12. The third kappa shape index (κ3) is 3.26. The van der Waals surface area contributed by atoms with Crippen LogP contribution < -0.4 is 5.32 Å². The van der Waals surface area contributed by atoms with Gasteiger partial charge in [0.25, 0.3) is 0 Å². The van der Waals surface area contributed by atoms with E-state index in [1.54, 1.807) is 0 Å². The fourth-order valence-electron chi connectivity index (χ4n) is 1.65. The van der Waals surface area contributed by atoms with Crippen LogP contribution in [0.5, 0.6) is 0 Å². The van der Waals surface area contributed by atoms with Crippen LogP contribution in [0, 0.1) is 0 Å². The quantitative estimate of drug-likeness (QED) is 0.685. The van der Waals surface area contributed by atoms with E-state index < -0.39 is 10.0 Å². The summed E-state index contributed by atoms with van der Waals surface area (Å²) in [7, 11) is -3.11. The first-order valence-electron chi connectivity index (χ1n) is 4.62. The lowest BCUT2D eigenvalue weighted by Crippen LogP contribution is -2.48. The molecule has 82 valence electrons. The zero-order valence-electron chi connectivity index (χ0n) is 8.49. The van der Waals surface area contributed by atoms with Crippen LogP contribution in [0.2, 0.25) is 0 Å². The molecule has 0 radical (unpaired) electrons. The Balaban J connectivity index is 2.56. The summed E-state index contributed by atoms with van der Waals surface area (Å²) in [4.78, 5) is 10.8. The van der Waals surface area contributed by atoms with Crippen LogP contribution in [0.4, 0.5) is 0 Å². The molecule has 1 rings (SSSR count). The number of nitrogens with zero attached hydrogens (tertiary/aromatic N) is 1. The predicted molar refractivity (Wildman–Crippen MR) is 53.3 cm³/mol. The molecule has 0 unspecified atom stereocenters. The molecule has 1 heterocycles. The number of rotatable bonds is 2. The van der Waals surface area contributed by atoms with Crippen LogP contribution in [-0.2, 0) is 14.8 Å². The molecule has 14 heavy (non-hydrogen) atoms. The van der Waals surface area contributed by atoms with E-state index in [-0.39, 0.29) is 11.9 Å². The second kappa shape index (κ2) is 4.27. The molecule has 1 aliphatic rings. The number of piperidine rings is 1. The van der Waals surface area contributed by atoms with Crippen molar-refractivity contribution in [2.24, 2.45) is 0 Å². The van der Waals surface area contributed by atoms with Gasteiger partial charge in [-0.05, 0) is 12.8 Å². The minimum atomic E-state index is -3.11. The van der Waals surface area contributed by atoms with Crippen LogP contribution in [0.3, 0.4) is 0 Å². The molecule has 1 saturated heterocycles. The minimum Gasteiger partial charge on any atom is -0.352 e. The van der Waals surface area contributed by atoms with Gasteiger partial charge in [0.15, 0.2) is 0 Å². The van der Waals surface area contributed by atoms with Gasteiger partial charge in [0.2, 0.25) is 15.9 Å². The topological polar surface area (TPSA) is 66.5 Å². The van der Waals surface area contributed by atoms with E-state index in [1.165, 1.54) is 17.5 Å². The van der Waals surface area contributed by atoms with Gasteiger partial charge in [-0.1, -0.05) is 0 Å². The van der Waals surface area contributed by atoms with E-state index in [0.29, 0.717) is 13.1 Å². The second-order valence-corrected chi connectivity index (χ2v) is 5.64. The third-order valence-corrected chi connectivity index (χ3v) is 3.53. The predicted octanol–water partition coefficient (Wildman–Crippen LogP) is -0.453. The molecule has 0 aromatic rings. The van der Waals surface area contributed by atoms with Crippen molar-refractivity contribution in [3.63, 3.8) is 0 Å². The Morgan fingerprint density at radius 1 is 1.50 bits per heavy atom. The highest BCUT2D eigenvalue weighted by molar-refractivity contribution is 7.88. The zero-order valence-corrected chi connectivity index (χ0v) is 9.30. The van der Waals surface area contributed by atoms with Gasteiger partial charge in [0, 0.05) is 26.1 Å². The highest BCUT2D eigenvalue weighted by atomic mass is 32.2. The molecular weight excluding hydrogens is 204 g/mol. The van der Waals surface area contributed by atoms with Gasteiger partial charge < -0.3 is 5.32 Å². The molecule has 0 saturated carbocycles. The van der Waals surface area contributed by atoms with Crippen molar-refractivity contribution >= 4 is 15.9 Å². The number of carbonyl (C=O) groups excluding carboxylic acids is 1. The molecule has 1 amide bonds. The molecule has 1 aliphatic heterocycles. The summed E-state index contributed by atoms with van der Waals surface area (Å²) in [6.45, 7) is 2.41. The number of sulfonamides is 1. The Kier molecular flexibility index (Phi) is 3.49. The fourth-order valence-corrected chi connectivity index (χ4v) is 2.56. The maximum atomic E-state index is 11.2. The van der Waals surface area contributed by atoms with E-state index >= 15 is 0 Å². The van der Waals surface area contributed by atoms with Gasteiger partial charge in [-0.25, -0.2) is 12.7 Å². The zero-order chi connectivity index (χ0) is 10.8. The van der Waals surface area contributed by atoms with E-state index in [1.807, 2.05) is 0 Å². The molecule has 0 aromatic heterocycles. The number of amides is 1. The molecule has 0 bridgehead atoms. The molecular formula is C8H16N2O3S. The summed E-state index contributed by atoms with van der Waals surface area (Å²) >= 11 is 0. The van der Waals surface area contributed by atoms with Crippen molar-refractivity contribution in [1.29, 1.82) is 0 Å².